The molecule has 1 saturated carbocycles. The number of imidazole rings is 1. The summed E-state index contributed by atoms with van der Waals surface area (Å²) in [5, 5.41) is 12.4. The van der Waals surface area contributed by atoms with E-state index < -0.39 is 0 Å². The van der Waals surface area contributed by atoms with Gasteiger partial charge in [-0.1, -0.05) is 30.5 Å². The molecule has 8 nitrogen and oxygen atoms in total. The summed E-state index contributed by atoms with van der Waals surface area (Å²) >= 11 is 0. The molecule has 8 heteroatoms. The Morgan fingerprint density at radius 2 is 1.83 bits per heavy atom. The van der Waals surface area contributed by atoms with Gasteiger partial charge in [-0.2, -0.15) is 0 Å². The van der Waals surface area contributed by atoms with Crippen LogP contribution in [0.4, 0.5) is 5.69 Å². The second-order valence-corrected chi connectivity index (χ2v) is 10.1. The number of fused-ring (bicyclic) bond motifs is 1. The average Bonchev–Trinajstić information content (AvgIpc) is 3.66. The monoisotopic (exact) mass is 470 g/mol. The van der Waals surface area contributed by atoms with Crippen LogP contribution in [-0.4, -0.2) is 49.0 Å². The van der Waals surface area contributed by atoms with Gasteiger partial charge in [0.25, 0.3) is 0 Å². The molecule has 4 aromatic rings. The lowest BCUT2D eigenvalue weighted by Crippen LogP contribution is -2.24. The van der Waals surface area contributed by atoms with Crippen molar-refractivity contribution in [3.63, 3.8) is 0 Å². The molecule has 0 spiro atoms. The van der Waals surface area contributed by atoms with E-state index in [0.29, 0.717) is 6.54 Å². The topological polar surface area (TPSA) is 76.2 Å². The molecule has 0 radical (unpaired) electrons. The fourth-order valence-corrected chi connectivity index (χ4v) is 5.47. The van der Waals surface area contributed by atoms with Gasteiger partial charge < -0.3 is 14.6 Å². The number of hydrogen-bond acceptors (Lipinski definition) is 6. The molecule has 0 aromatic carbocycles. The van der Waals surface area contributed by atoms with Crippen LogP contribution in [0.1, 0.15) is 56.2 Å². The van der Waals surface area contributed by atoms with Crippen LogP contribution < -0.4 is 10.2 Å². The second kappa shape index (κ2) is 10.2. The zero-order valence-electron chi connectivity index (χ0n) is 20.3. The van der Waals surface area contributed by atoms with E-state index in [9.17, 15) is 0 Å². The Hall–Kier alpha value is -3.26. The van der Waals surface area contributed by atoms with Crippen molar-refractivity contribution in [2.24, 2.45) is 5.92 Å². The Bertz CT molecular complexity index is 1260. The van der Waals surface area contributed by atoms with E-state index in [1.54, 1.807) is 0 Å². The van der Waals surface area contributed by atoms with E-state index in [-0.39, 0.29) is 0 Å². The summed E-state index contributed by atoms with van der Waals surface area (Å²) in [6.07, 6.45) is 19.5. The van der Waals surface area contributed by atoms with Crippen molar-refractivity contribution in [2.45, 2.75) is 58.0 Å². The molecule has 4 aromatic heterocycles. The SMILES string of the molecule is c1cc2nc(Cn3cc(-c4cncc(N5CCCC5)c4)nn3)cn2cc1CNCC1CCCCC1. The second-order valence-electron chi connectivity index (χ2n) is 10.1. The first-order valence-electron chi connectivity index (χ1n) is 13.1. The molecule has 2 aliphatic rings. The van der Waals surface area contributed by atoms with Crippen molar-refractivity contribution in [3.8, 4) is 11.3 Å². The molecule has 182 valence electrons. The number of aromatic nitrogens is 6. The Balaban J connectivity index is 1.10. The molecule has 5 heterocycles. The maximum absolute atomic E-state index is 4.79. The summed E-state index contributed by atoms with van der Waals surface area (Å²) < 4.78 is 3.97. The third kappa shape index (κ3) is 5.22. The van der Waals surface area contributed by atoms with Crippen molar-refractivity contribution >= 4 is 11.3 Å². The molecule has 35 heavy (non-hydrogen) atoms. The number of nitrogens with one attached hydrogen (secondary N) is 1. The Morgan fingerprint density at radius 3 is 2.71 bits per heavy atom. The van der Waals surface area contributed by atoms with Crippen LogP contribution in [0.3, 0.4) is 0 Å². The Labute approximate surface area is 206 Å². The van der Waals surface area contributed by atoms with Gasteiger partial charge in [0.15, 0.2) is 0 Å². The summed E-state index contributed by atoms with van der Waals surface area (Å²) in [7, 11) is 0. The van der Waals surface area contributed by atoms with Crippen LogP contribution in [0, 0.1) is 5.92 Å². The Kier molecular flexibility index (Phi) is 6.45. The molecule has 0 bridgehead atoms. The van der Waals surface area contributed by atoms with Crippen molar-refractivity contribution in [1.82, 2.24) is 34.7 Å². The van der Waals surface area contributed by atoms with Crippen LogP contribution in [0.15, 0.2) is 49.2 Å². The van der Waals surface area contributed by atoms with E-state index in [1.165, 1.54) is 56.2 Å². The summed E-state index contributed by atoms with van der Waals surface area (Å²) in [5.41, 5.74) is 6.22. The standard InChI is InChI=1S/C27H34N8/c1-2-6-21(7-3-1)13-28-14-22-8-9-27-30-24(18-34(27)17-22)19-35-20-26(31-32-35)23-12-25(16-29-15-23)33-10-4-5-11-33/h8-9,12,15-18,20-21,28H,1-7,10-11,13-14,19H2. The molecular formula is C27H34N8. The summed E-state index contributed by atoms with van der Waals surface area (Å²) in [5.74, 6) is 0.846. The maximum Gasteiger partial charge on any atom is 0.137 e. The van der Waals surface area contributed by atoms with Crippen molar-refractivity contribution in [1.29, 1.82) is 0 Å². The molecule has 1 aliphatic heterocycles. The van der Waals surface area contributed by atoms with Gasteiger partial charge in [-0.25, -0.2) is 9.67 Å². The van der Waals surface area contributed by atoms with Gasteiger partial charge in [0, 0.05) is 43.8 Å². The highest BCUT2D eigenvalue weighted by molar-refractivity contribution is 5.63. The first-order valence-corrected chi connectivity index (χ1v) is 13.1. The fraction of sp³-hybridized carbons (Fsp3) is 0.481. The highest BCUT2D eigenvalue weighted by Gasteiger charge is 2.15. The van der Waals surface area contributed by atoms with Gasteiger partial charge in [-0.3, -0.25) is 4.98 Å². The predicted molar refractivity (Wildman–Crippen MR) is 137 cm³/mol. The van der Waals surface area contributed by atoms with Crippen LogP contribution in [0.5, 0.6) is 0 Å². The molecule has 0 amide bonds. The molecule has 2 fully saturated rings. The van der Waals surface area contributed by atoms with Crippen LogP contribution in [0.25, 0.3) is 16.9 Å². The van der Waals surface area contributed by atoms with Gasteiger partial charge >= 0.3 is 0 Å². The maximum atomic E-state index is 4.79. The van der Waals surface area contributed by atoms with Gasteiger partial charge in [0.05, 0.1) is 30.3 Å². The number of pyridine rings is 2. The molecule has 1 N–H and O–H groups in total. The van der Waals surface area contributed by atoms with Gasteiger partial charge in [-0.05, 0) is 55.8 Å². The first-order chi connectivity index (χ1) is 17.3. The summed E-state index contributed by atoms with van der Waals surface area (Å²) in [6, 6.07) is 6.44. The average molecular weight is 471 g/mol. The van der Waals surface area contributed by atoms with Crippen molar-refractivity contribution < 1.29 is 0 Å². The highest BCUT2D eigenvalue weighted by atomic mass is 15.4. The first kappa shape index (κ1) is 22.2. The van der Waals surface area contributed by atoms with Crippen molar-refractivity contribution in [2.75, 3.05) is 24.5 Å². The predicted octanol–water partition coefficient (Wildman–Crippen LogP) is 4.31. The molecular weight excluding hydrogens is 436 g/mol. The van der Waals surface area contributed by atoms with Crippen molar-refractivity contribution in [3.05, 3.63) is 60.4 Å². The van der Waals surface area contributed by atoms with Crippen LogP contribution >= 0.6 is 0 Å². The van der Waals surface area contributed by atoms with E-state index in [1.807, 2.05) is 23.3 Å². The van der Waals surface area contributed by atoms with E-state index in [2.05, 4.69) is 60.5 Å². The molecule has 1 aliphatic carbocycles. The van der Waals surface area contributed by atoms with Gasteiger partial charge in [0.2, 0.25) is 0 Å². The zero-order chi connectivity index (χ0) is 23.5. The summed E-state index contributed by atoms with van der Waals surface area (Å²) in [6.45, 7) is 4.81. The summed E-state index contributed by atoms with van der Waals surface area (Å²) in [4.78, 5) is 11.6. The number of anilines is 1. The zero-order valence-corrected chi connectivity index (χ0v) is 20.3. The largest absolute Gasteiger partial charge is 0.370 e. The van der Waals surface area contributed by atoms with Crippen LogP contribution in [0.2, 0.25) is 0 Å². The number of hydrogen-bond donors (Lipinski definition) is 1. The minimum Gasteiger partial charge on any atom is -0.370 e. The smallest absolute Gasteiger partial charge is 0.137 e. The molecule has 0 atom stereocenters. The molecule has 0 unspecified atom stereocenters. The van der Waals surface area contributed by atoms with E-state index in [4.69, 9.17) is 4.98 Å². The third-order valence-corrected chi connectivity index (χ3v) is 7.40. The van der Waals surface area contributed by atoms with E-state index in [0.717, 1.165) is 54.7 Å². The normalized spacial score (nSPS) is 17.0. The highest BCUT2D eigenvalue weighted by Crippen LogP contribution is 2.25. The lowest BCUT2D eigenvalue weighted by atomic mass is 9.89. The fourth-order valence-electron chi connectivity index (χ4n) is 5.47. The number of rotatable bonds is 8. The quantitative estimate of drug-likeness (QED) is 0.414. The Morgan fingerprint density at radius 1 is 0.943 bits per heavy atom. The minimum absolute atomic E-state index is 0.586. The lowest BCUT2D eigenvalue weighted by Gasteiger charge is -2.21. The number of nitrogens with zero attached hydrogens (tertiary/aromatic N) is 7. The molecule has 6 rings (SSSR count). The van der Waals surface area contributed by atoms with Crippen LogP contribution in [-0.2, 0) is 13.1 Å². The molecule has 1 saturated heterocycles. The minimum atomic E-state index is 0.586. The van der Waals surface area contributed by atoms with E-state index >= 15 is 0 Å². The third-order valence-electron chi connectivity index (χ3n) is 7.40. The lowest BCUT2D eigenvalue weighted by molar-refractivity contribution is 0.342. The van der Waals surface area contributed by atoms with Gasteiger partial charge in [0.1, 0.15) is 11.3 Å². The van der Waals surface area contributed by atoms with Gasteiger partial charge in [-0.15, -0.1) is 5.10 Å².